The summed E-state index contributed by atoms with van der Waals surface area (Å²) < 4.78 is 9.67. The fraction of sp³-hybridized carbons (Fsp3) is 0.500. The number of nitrogens with zero attached hydrogens (tertiary/aromatic N) is 1. The lowest BCUT2D eigenvalue weighted by Crippen LogP contribution is -2.30. The van der Waals surface area contributed by atoms with Gasteiger partial charge >= 0.3 is 5.97 Å². The molecule has 1 rings (SSSR count). The molecule has 0 amide bonds. The van der Waals surface area contributed by atoms with E-state index in [1.54, 1.807) is 7.11 Å². The predicted molar refractivity (Wildman–Crippen MR) is 72.0 cm³/mol. The van der Waals surface area contributed by atoms with Crippen LogP contribution >= 0.6 is 0 Å². The number of rotatable bonds is 7. The largest absolute Gasteiger partial charge is 0.497 e. The van der Waals surface area contributed by atoms with E-state index in [4.69, 9.17) is 4.74 Å². The van der Waals surface area contributed by atoms with Gasteiger partial charge in [0.2, 0.25) is 0 Å². The Morgan fingerprint density at radius 2 is 2.16 bits per heavy atom. The Morgan fingerprint density at radius 1 is 1.42 bits per heavy atom. The van der Waals surface area contributed by atoms with Crippen LogP contribution in [0.4, 0.5) is 0 Å². The second kappa shape index (κ2) is 7.76. The molecule has 19 heavy (non-hydrogen) atoms. The van der Waals surface area contributed by atoms with E-state index >= 15 is 0 Å². The van der Waals surface area contributed by atoms with E-state index < -0.39 is 12.1 Å². The molecule has 0 radical (unpaired) electrons. The van der Waals surface area contributed by atoms with Crippen LogP contribution in [0.1, 0.15) is 12.0 Å². The summed E-state index contributed by atoms with van der Waals surface area (Å²) in [6, 6.07) is 7.75. The third-order valence-electron chi connectivity index (χ3n) is 2.74. The predicted octanol–water partition coefficient (Wildman–Crippen LogP) is 1.05. The Labute approximate surface area is 113 Å². The van der Waals surface area contributed by atoms with Crippen molar-refractivity contribution in [2.24, 2.45) is 0 Å². The Bertz CT molecular complexity index is 408. The maximum absolute atomic E-state index is 11.0. The number of carbonyl (C=O) groups is 1. The van der Waals surface area contributed by atoms with Crippen LogP contribution in [-0.4, -0.2) is 49.9 Å². The molecule has 0 aliphatic rings. The molecule has 1 unspecified atom stereocenters. The first-order valence-corrected chi connectivity index (χ1v) is 6.11. The Hall–Kier alpha value is -1.59. The molecule has 0 bridgehead atoms. The molecule has 0 aromatic heterocycles. The Kier molecular flexibility index (Phi) is 6.32. The van der Waals surface area contributed by atoms with Crippen LogP contribution in [0.3, 0.4) is 0 Å². The van der Waals surface area contributed by atoms with Crippen molar-refractivity contribution in [3.05, 3.63) is 29.8 Å². The molecule has 1 aromatic rings. The molecule has 1 aromatic carbocycles. The van der Waals surface area contributed by atoms with Crippen LogP contribution in [-0.2, 0) is 16.1 Å². The zero-order chi connectivity index (χ0) is 14.3. The van der Waals surface area contributed by atoms with Crippen molar-refractivity contribution >= 4 is 5.97 Å². The maximum atomic E-state index is 11.0. The molecule has 0 heterocycles. The van der Waals surface area contributed by atoms with Crippen LogP contribution < -0.4 is 4.74 Å². The minimum absolute atomic E-state index is 0.0128. The highest BCUT2D eigenvalue weighted by atomic mass is 16.5. The van der Waals surface area contributed by atoms with Gasteiger partial charge in [-0.2, -0.15) is 0 Å². The molecule has 106 valence electrons. The number of aliphatic hydroxyl groups excluding tert-OH is 1. The highest BCUT2D eigenvalue weighted by Crippen LogP contribution is 2.14. The number of aliphatic hydroxyl groups is 1. The van der Waals surface area contributed by atoms with Crippen molar-refractivity contribution in [2.75, 3.05) is 27.8 Å². The SMILES string of the molecule is COC(=O)CC(O)CN(C)Cc1cccc(OC)c1. The van der Waals surface area contributed by atoms with Crippen molar-refractivity contribution < 1.29 is 19.4 Å². The van der Waals surface area contributed by atoms with E-state index in [1.807, 2.05) is 36.2 Å². The molecule has 0 spiro atoms. The van der Waals surface area contributed by atoms with E-state index in [2.05, 4.69) is 4.74 Å². The minimum atomic E-state index is -0.719. The van der Waals surface area contributed by atoms with Gasteiger partial charge in [-0.1, -0.05) is 12.1 Å². The van der Waals surface area contributed by atoms with Crippen LogP contribution in [0.15, 0.2) is 24.3 Å². The maximum Gasteiger partial charge on any atom is 0.308 e. The highest BCUT2D eigenvalue weighted by molar-refractivity contribution is 5.69. The van der Waals surface area contributed by atoms with Gasteiger partial charge in [0, 0.05) is 13.1 Å². The minimum Gasteiger partial charge on any atom is -0.497 e. The molecule has 0 saturated carbocycles. The lowest BCUT2D eigenvalue weighted by atomic mass is 10.2. The highest BCUT2D eigenvalue weighted by Gasteiger charge is 2.13. The first kappa shape index (κ1) is 15.5. The molecule has 0 fully saturated rings. The van der Waals surface area contributed by atoms with Crippen molar-refractivity contribution in [1.29, 1.82) is 0 Å². The van der Waals surface area contributed by atoms with E-state index in [0.29, 0.717) is 13.1 Å². The average molecular weight is 267 g/mol. The summed E-state index contributed by atoms with van der Waals surface area (Å²) in [4.78, 5) is 13.0. The number of likely N-dealkylation sites (N-methyl/N-ethyl adjacent to an activating group) is 1. The summed E-state index contributed by atoms with van der Waals surface area (Å²) >= 11 is 0. The number of benzene rings is 1. The van der Waals surface area contributed by atoms with Crippen molar-refractivity contribution in [3.63, 3.8) is 0 Å². The molecular formula is C14H21NO4. The van der Waals surface area contributed by atoms with Gasteiger partial charge in [-0.3, -0.25) is 9.69 Å². The molecule has 0 aliphatic heterocycles. The normalized spacial score (nSPS) is 12.3. The summed E-state index contributed by atoms with van der Waals surface area (Å²) in [7, 11) is 4.83. The van der Waals surface area contributed by atoms with Crippen LogP contribution in [0.5, 0.6) is 5.75 Å². The van der Waals surface area contributed by atoms with Crippen LogP contribution in [0.25, 0.3) is 0 Å². The van der Waals surface area contributed by atoms with Gasteiger partial charge in [-0.15, -0.1) is 0 Å². The number of ether oxygens (including phenoxy) is 2. The summed E-state index contributed by atoms with van der Waals surface area (Å²) in [5.74, 6) is 0.406. The first-order valence-electron chi connectivity index (χ1n) is 6.11. The first-order chi connectivity index (χ1) is 9.05. The summed E-state index contributed by atoms with van der Waals surface area (Å²) in [5.41, 5.74) is 1.09. The quantitative estimate of drug-likeness (QED) is 0.748. The second-order valence-electron chi connectivity index (χ2n) is 4.48. The van der Waals surface area contributed by atoms with E-state index in [0.717, 1.165) is 11.3 Å². The summed E-state index contributed by atoms with van der Waals surface area (Å²) in [6.07, 6.45) is -0.707. The summed E-state index contributed by atoms with van der Waals surface area (Å²) in [6.45, 7) is 1.09. The lowest BCUT2D eigenvalue weighted by molar-refractivity contribution is -0.143. The van der Waals surface area contributed by atoms with Gasteiger partial charge in [0.1, 0.15) is 5.75 Å². The van der Waals surface area contributed by atoms with E-state index in [9.17, 15) is 9.90 Å². The number of hydrogen-bond donors (Lipinski definition) is 1. The van der Waals surface area contributed by atoms with Gasteiger partial charge in [0.25, 0.3) is 0 Å². The average Bonchev–Trinajstić information content (AvgIpc) is 2.38. The zero-order valence-electron chi connectivity index (χ0n) is 11.6. The third-order valence-corrected chi connectivity index (χ3v) is 2.74. The molecule has 1 N–H and O–H groups in total. The number of esters is 1. The second-order valence-corrected chi connectivity index (χ2v) is 4.48. The van der Waals surface area contributed by atoms with Crippen molar-refractivity contribution in [1.82, 2.24) is 4.90 Å². The summed E-state index contributed by atoms with van der Waals surface area (Å²) in [5, 5.41) is 9.73. The van der Waals surface area contributed by atoms with Gasteiger partial charge in [-0.05, 0) is 24.7 Å². The Balaban J connectivity index is 2.45. The lowest BCUT2D eigenvalue weighted by Gasteiger charge is -2.20. The standard InChI is InChI=1S/C14H21NO4/c1-15(10-12(16)8-14(17)19-3)9-11-5-4-6-13(7-11)18-2/h4-7,12,16H,8-10H2,1-3H3. The third kappa shape index (κ3) is 5.72. The molecule has 5 nitrogen and oxygen atoms in total. The van der Waals surface area contributed by atoms with Crippen LogP contribution in [0.2, 0.25) is 0 Å². The molecular weight excluding hydrogens is 246 g/mol. The van der Waals surface area contributed by atoms with Gasteiger partial charge in [0.05, 0.1) is 26.7 Å². The monoisotopic (exact) mass is 267 g/mol. The topological polar surface area (TPSA) is 59.0 Å². The number of hydrogen-bond acceptors (Lipinski definition) is 5. The van der Waals surface area contributed by atoms with Crippen molar-refractivity contribution in [3.8, 4) is 5.75 Å². The molecule has 0 saturated heterocycles. The molecule has 0 aliphatic carbocycles. The zero-order valence-corrected chi connectivity index (χ0v) is 11.6. The van der Waals surface area contributed by atoms with Gasteiger partial charge < -0.3 is 14.6 Å². The fourth-order valence-corrected chi connectivity index (χ4v) is 1.85. The number of carbonyl (C=O) groups excluding carboxylic acids is 1. The number of methoxy groups -OCH3 is 2. The van der Waals surface area contributed by atoms with E-state index in [-0.39, 0.29) is 6.42 Å². The smallest absolute Gasteiger partial charge is 0.308 e. The van der Waals surface area contributed by atoms with E-state index in [1.165, 1.54) is 7.11 Å². The fourth-order valence-electron chi connectivity index (χ4n) is 1.85. The van der Waals surface area contributed by atoms with Gasteiger partial charge in [0.15, 0.2) is 0 Å². The van der Waals surface area contributed by atoms with Crippen molar-refractivity contribution in [2.45, 2.75) is 19.1 Å². The molecule has 1 atom stereocenters. The molecule has 5 heteroatoms. The van der Waals surface area contributed by atoms with Crippen LogP contribution in [0, 0.1) is 0 Å². The Morgan fingerprint density at radius 3 is 2.79 bits per heavy atom. The van der Waals surface area contributed by atoms with Gasteiger partial charge in [-0.25, -0.2) is 0 Å².